The van der Waals surface area contributed by atoms with Crippen molar-refractivity contribution in [2.45, 2.75) is 45.1 Å². The van der Waals surface area contributed by atoms with E-state index in [2.05, 4.69) is 30.9 Å². The van der Waals surface area contributed by atoms with Crippen molar-refractivity contribution in [2.75, 3.05) is 26.2 Å². The molecule has 0 saturated carbocycles. The smallest absolute Gasteiger partial charge is 0.253 e. The number of hydrogen-bond donors (Lipinski definition) is 1. The molecule has 126 valence electrons. The zero-order valence-corrected chi connectivity index (χ0v) is 14.1. The van der Waals surface area contributed by atoms with Crippen molar-refractivity contribution in [1.29, 1.82) is 0 Å². The van der Waals surface area contributed by atoms with E-state index in [0.29, 0.717) is 6.54 Å². The lowest BCUT2D eigenvalue weighted by Gasteiger charge is -2.35. The molecule has 2 aliphatic heterocycles. The molecule has 0 unspecified atom stereocenters. The van der Waals surface area contributed by atoms with E-state index in [4.69, 9.17) is 10.5 Å². The molecule has 3 rings (SSSR count). The van der Waals surface area contributed by atoms with Gasteiger partial charge >= 0.3 is 0 Å². The Kier molecular flexibility index (Phi) is 4.99. The molecule has 2 fully saturated rings. The number of hydrogen-bond acceptors (Lipinski definition) is 4. The van der Waals surface area contributed by atoms with Crippen LogP contribution in [-0.2, 0) is 11.3 Å². The highest BCUT2D eigenvalue weighted by atomic mass is 16.5. The van der Waals surface area contributed by atoms with Crippen molar-refractivity contribution in [3.05, 3.63) is 35.4 Å². The van der Waals surface area contributed by atoms with Gasteiger partial charge in [-0.1, -0.05) is 12.1 Å². The number of carbonyl (C=O) groups excluding carboxylic acids is 1. The van der Waals surface area contributed by atoms with Crippen LogP contribution in [0.4, 0.5) is 0 Å². The topological polar surface area (TPSA) is 58.8 Å². The number of morpholine rings is 1. The van der Waals surface area contributed by atoms with Gasteiger partial charge in [0, 0.05) is 44.3 Å². The summed E-state index contributed by atoms with van der Waals surface area (Å²) >= 11 is 0. The van der Waals surface area contributed by atoms with Crippen LogP contribution in [0.2, 0.25) is 0 Å². The monoisotopic (exact) mass is 317 g/mol. The fourth-order valence-electron chi connectivity index (χ4n) is 3.58. The van der Waals surface area contributed by atoms with Gasteiger partial charge in [0.25, 0.3) is 5.91 Å². The van der Waals surface area contributed by atoms with E-state index < -0.39 is 0 Å². The summed E-state index contributed by atoms with van der Waals surface area (Å²) in [4.78, 5) is 16.7. The number of rotatable bonds is 3. The molecule has 2 N–H and O–H groups in total. The molecule has 2 heterocycles. The van der Waals surface area contributed by atoms with Crippen molar-refractivity contribution in [1.82, 2.24) is 9.80 Å². The molecule has 5 heteroatoms. The van der Waals surface area contributed by atoms with Gasteiger partial charge in [0.1, 0.15) is 0 Å². The minimum atomic E-state index is 0.0955. The molecule has 23 heavy (non-hydrogen) atoms. The number of nitrogens with zero attached hydrogens (tertiary/aromatic N) is 2. The van der Waals surface area contributed by atoms with Gasteiger partial charge in [0.15, 0.2) is 0 Å². The van der Waals surface area contributed by atoms with Crippen molar-refractivity contribution >= 4 is 5.91 Å². The molecule has 0 bridgehead atoms. The van der Waals surface area contributed by atoms with Gasteiger partial charge in [0.05, 0.1) is 12.2 Å². The van der Waals surface area contributed by atoms with Gasteiger partial charge < -0.3 is 15.4 Å². The standard InChI is InChI=1S/C18H27N3O2/c1-13-9-20(10-14(2)23-13)11-15-3-5-16(6-4-15)18(22)21-8-7-17(19)12-21/h3-6,13-14,17H,7-12,19H2,1-2H3/t13-,14-,17-/m0/s1. The van der Waals surface area contributed by atoms with Crippen molar-refractivity contribution in [3.8, 4) is 0 Å². The summed E-state index contributed by atoms with van der Waals surface area (Å²) < 4.78 is 5.77. The molecular weight excluding hydrogens is 290 g/mol. The first-order valence-electron chi connectivity index (χ1n) is 8.53. The van der Waals surface area contributed by atoms with E-state index in [1.165, 1.54) is 5.56 Å². The Morgan fingerprint density at radius 3 is 2.39 bits per heavy atom. The molecule has 5 nitrogen and oxygen atoms in total. The number of amides is 1. The summed E-state index contributed by atoms with van der Waals surface area (Å²) in [5, 5.41) is 0. The zero-order chi connectivity index (χ0) is 16.4. The molecule has 0 aromatic heterocycles. The molecule has 3 atom stereocenters. The average molecular weight is 317 g/mol. The molecule has 1 aromatic rings. The Hall–Kier alpha value is -1.43. The fraction of sp³-hybridized carbons (Fsp3) is 0.611. The van der Waals surface area contributed by atoms with E-state index in [1.54, 1.807) is 0 Å². The van der Waals surface area contributed by atoms with Crippen LogP contribution in [0.3, 0.4) is 0 Å². The molecule has 1 aromatic carbocycles. The number of nitrogens with two attached hydrogens (primary N) is 1. The lowest BCUT2D eigenvalue weighted by atomic mass is 10.1. The van der Waals surface area contributed by atoms with Crippen LogP contribution in [0, 0.1) is 0 Å². The Labute approximate surface area is 138 Å². The maximum Gasteiger partial charge on any atom is 0.253 e. The highest BCUT2D eigenvalue weighted by Gasteiger charge is 2.25. The van der Waals surface area contributed by atoms with E-state index in [-0.39, 0.29) is 24.2 Å². The van der Waals surface area contributed by atoms with Gasteiger partial charge in [-0.3, -0.25) is 9.69 Å². The lowest BCUT2D eigenvalue weighted by Crippen LogP contribution is -2.44. The predicted molar refractivity (Wildman–Crippen MR) is 90.2 cm³/mol. The minimum Gasteiger partial charge on any atom is -0.373 e. The second kappa shape index (κ2) is 6.99. The summed E-state index contributed by atoms with van der Waals surface area (Å²) in [5.74, 6) is 0.0955. The predicted octanol–water partition coefficient (Wildman–Crippen LogP) is 1.47. The number of carbonyl (C=O) groups is 1. The summed E-state index contributed by atoms with van der Waals surface area (Å²) in [7, 11) is 0. The van der Waals surface area contributed by atoms with Crippen LogP contribution in [0.25, 0.3) is 0 Å². The Morgan fingerprint density at radius 2 is 1.83 bits per heavy atom. The fourth-order valence-corrected chi connectivity index (χ4v) is 3.58. The van der Waals surface area contributed by atoms with Crippen LogP contribution in [-0.4, -0.2) is 60.1 Å². The Morgan fingerprint density at radius 1 is 1.17 bits per heavy atom. The van der Waals surface area contributed by atoms with E-state index >= 15 is 0 Å². The molecule has 2 aliphatic rings. The van der Waals surface area contributed by atoms with Gasteiger partial charge in [-0.2, -0.15) is 0 Å². The summed E-state index contributed by atoms with van der Waals surface area (Å²) in [6.07, 6.45) is 1.45. The molecule has 2 saturated heterocycles. The summed E-state index contributed by atoms with van der Waals surface area (Å²) in [6.45, 7) is 8.49. The molecule has 0 aliphatic carbocycles. The largest absolute Gasteiger partial charge is 0.373 e. The van der Waals surface area contributed by atoms with Crippen molar-refractivity contribution in [3.63, 3.8) is 0 Å². The van der Waals surface area contributed by atoms with Crippen molar-refractivity contribution in [2.24, 2.45) is 5.73 Å². The maximum atomic E-state index is 12.4. The molecule has 0 spiro atoms. The van der Waals surface area contributed by atoms with Gasteiger partial charge in [-0.25, -0.2) is 0 Å². The molecule has 0 radical (unpaired) electrons. The third-order valence-electron chi connectivity index (χ3n) is 4.61. The normalized spacial score (nSPS) is 29.0. The van der Waals surface area contributed by atoms with E-state index in [1.807, 2.05) is 17.0 Å². The quantitative estimate of drug-likeness (QED) is 0.917. The Bertz CT molecular complexity index is 536. The summed E-state index contributed by atoms with van der Waals surface area (Å²) in [6, 6.07) is 8.13. The number of ether oxygens (including phenoxy) is 1. The second-order valence-corrected chi connectivity index (χ2v) is 6.95. The van der Waals surface area contributed by atoms with Crippen LogP contribution in [0.5, 0.6) is 0 Å². The van der Waals surface area contributed by atoms with Crippen LogP contribution in [0.1, 0.15) is 36.2 Å². The minimum absolute atomic E-state index is 0.0955. The lowest BCUT2D eigenvalue weighted by molar-refractivity contribution is -0.0704. The van der Waals surface area contributed by atoms with Gasteiger partial charge in [0.2, 0.25) is 0 Å². The Balaban J connectivity index is 1.59. The first-order chi connectivity index (χ1) is 11.0. The second-order valence-electron chi connectivity index (χ2n) is 6.95. The van der Waals surface area contributed by atoms with E-state index in [9.17, 15) is 4.79 Å². The SMILES string of the molecule is C[C@H]1CN(Cc2ccc(C(=O)N3CC[C@H](N)C3)cc2)C[C@H](C)O1. The number of likely N-dealkylation sites (tertiary alicyclic amines) is 1. The first-order valence-corrected chi connectivity index (χ1v) is 8.53. The van der Waals surface area contributed by atoms with Crippen LogP contribution >= 0.6 is 0 Å². The number of benzene rings is 1. The van der Waals surface area contributed by atoms with Gasteiger partial charge in [-0.15, -0.1) is 0 Å². The van der Waals surface area contributed by atoms with Crippen molar-refractivity contribution < 1.29 is 9.53 Å². The first kappa shape index (κ1) is 16.4. The zero-order valence-electron chi connectivity index (χ0n) is 14.1. The molecule has 1 amide bonds. The average Bonchev–Trinajstić information content (AvgIpc) is 2.93. The highest BCUT2D eigenvalue weighted by molar-refractivity contribution is 5.94. The summed E-state index contributed by atoms with van der Waals surface area (Å²) in [5.41, 5.74) is 7.88. The third kappa shape index (κ3) is 4.10. The third-order valence-corrected chi connectivity index (χ3v) is 4.61. The van der Waals surface area contributed by atoms with E-state index in [0.717, 1.165) is 38.2 Å². The maximum absolute atomic E-state index is 12.4. The highest BCUT2D eigenvalue weighted by Crippen LogP contribution is 2.16. The van der Waals surface area contributed by atoms with Crippen LogP contribution in [0.15, 0.2) is 24.3 Å². The molecular formula is C18H27N3O2. The van der Waals surface area contributed by atoms with Gasteiger partial charge in [-0.05, 0) is 38.0 Å². The van der Waals surface area contributed by atoms with Crippen LogP contribution < -0.4 is 5.73 Å².